The second kappa shape index (κ2) is 4.57. The Morgan fingerprint density at radius 1 is 1.40 bits per heavy atom. The van der Waals surface area contributed by atoms with E-state index < -0.39 is 5.82 Å². The Morgan fingerprint density at radius 3 is 2.53 bits per heavy atom. The Morgan fingerprint density at radius 2 is 2.00 bits per heavy atom. The summed E-state index contributed by atoms with van der Waals surface area (Å²) in [5.41, 5.74) is 11.3. The predicted molar refractivity (Wildman–Crippen MR) is 60.6 cm³/mol. The smallest absolute Gasteiger partial charge is 0.187 e. The molecule has 0 amide bonds. The molecule has 0 aliphatic carbocycles. The first-order valence-electron chi connectivity index (χ1n) is 4.59. The van der Waals surface area contributed by atoms with Gasteiger partial charge in [0.25, 0.3) is 0 Å². The lowest BCUT2D eigenvalue weighted by atomic mass is 10.2. The van der Waals surface area contributed by atoms with Gasteiger partial charge in [-0.2, -0.15) is 0 Å². The third-order valence-electron chi connectivity index (χ3n) is 1.78. The third-order valence-corrected chi connectivity index (χ3v) is 2.16. The van der Waals surface area contributed by atoms with Gasteiger partial charge in [0, 0.05) is 0 Å². The lowest BCUT2D eigenvalue weighted by Gasteiger charge is -2.13. The van der Waals surface area contributed by atoms with Gasteiger partial charge in [0.15, 0.2) is 11.6 Å². The molecule has 15 heavy (non-hydrogen) atoms. The van der Waals surface area contributed by atoms with Crippen molar-refractivity contribution in [1.29, 1.82) is 0 Å². The van der Waals surface area contributed by atoms with Crippen LogP contribution in [0.5, 0.6) is 5.75 Å². The summed E-state index contributed by atoms with van der Waals surface area (Å²) in [5.74, 6) is -0.446. The number of halogens is 2. The van der Waals surface area contributed by atoms with Crippen LogP contribution < -0.4 is 16.2 Å². The molecule has 0 heterocycles. The van der Waals surface area contributed by atoms with E-state index >= 15 is 0 Å². The zero-order valence-electron chi connectivity index (χ0n) is 8.68. The Kier molecular flexibility index (Phi) is 3.63. The Bertz CT molecular complexity index is 369. The predicted octanol–water partition coefficient (Wildman–Crippen LogP) is 2.68. The van der Waals surface area contributed by atoms with E-state index in [1.165, 1.54) is 6.07 Å². The second-order valence-electron chi connectivity index (χ2n) is 3.72. The molecule has 84 valence electrons. The molecule has 0 saturated carbocycles. The molecule has 0 atom stereocenters. The Balaban J connectivity index is 3.02. The molecule has 1 aromatic rings. The van der Waals surface area contributed by atoms with Crippen LogP contribution in [0.4, 0.5) is 15.8 Å². The van der Waals surface area contributed by atoms with E-state index in [1.807, 2.05) is 13.8 Å². The van der Waals surface area contributed by atoms with Gasteiger partial charge in [-0.05, 0) is 12.0 Å². The molecule has 0 aliphatic rings. The summed E-state index contributed by atoms with van der Waals surface area (Å²) in [6.07, 6.45) is 0. The monoisotopic (exact) mass is 232 g/mol. The van der Waals surface area contributed by atoms with Crippen LogP contribution in [0, 0.1) is 11.7 Å². The largest absolute Gasteiger partial charge is 0.488 e. The number of ether oxygens (including phenoxy) is 1. The molecule has 0 saturated heterocycles. The fourth-order valence-electron chi connectivity index (χ4n) is 1.05. The van der Waals surface area contributed by atoms with Crippen molar-refractivity contribution < 1.29 is 9.13 Å². The molecule has 1 rings (SSSR count). The van der Waals surface area contributed by atoms with Gasteiger partial charge in [0.1, 0.15) is 5.02 Å². The van der Waals surface area contributed by atoms with Crippen LogP contribution >= 0.6 is 11.6 Å². The summed E-state index contributed by atoms with van der Waals surface area (Å²) in [6, 6.07) is 1.39. The van der Waals surface area contributed by atoms with Crippen molar-refractivity contribution >= 4 is 23.0 Å². The highest BCUT2D eigenvalue weighted by molar-refractivity contribution is 6.33. The van der Waals surface area contributed by atoms with Crippen LogP contribution in [0.25, 0.3) is 0 Å². The zero-order valence-corrected chi connectivity index (χ0v) is 9.44. The third kappa shape index (κ3) is 2.65. The second-order valence-corrected chi connectivity index (χ2v) is 4.09. The fraction of sp³-hybridized carbons (Fsp3) is 0.400. The van der Waals surface area contributed by atoms with Crippen molar-refractivity contribution in [1.82, 2.24) is 0 Å². The average Bonchev–Trinajstić information content (AvgIpc) is 2.14. The van der Waals surface area contributed by atoms with Gasteiger partial charge < -0.3 is 16.2 Å². The summed E-state index contributed by atoms with van der Waals surface area (Å²) in [4.78, 5) is 0. The van der Waals surface area contributed by atoms with Crippen LogP contribution in [0.15, 0.2) is 6.07 Å². The number of benzene rings is 1. The van der Waals surface area contributed by atoms with Crippen LogP contribution in [0.1, 0.15) is 13.8 Å². The van der Waals surface area contributed by atoms with E-state index in [-0.39, 0.29) is 28.1 Å². The van der Waals surface area contributed by atoms with Crippen molar-refractivity contribution in [3.05, 3.63) is 16.9 Å². The minimum atomic E-state index is -0.699. The van der Waals surface area contributed by atoms with Gasteiger partial charge in [-0.3, -0.25) is 0 Å². The molecule has 0 bridgehead atoms. The summed E-state index contributed by atoms with van der Waals surface area (Å²) >= 11 is 5.63. The first-order chi connectivity index (χ1) is 6.93. The number of hydrogen-bond acceptors (Lipinski definition) is 3. The highest BCUT2D eigenvalue weighted by Gasteiger charge is 2.15. The van der Waals surface area contributed by atoms with Gasteiger partial charge in [-0.1, -0.05) is 25.4 Å². The Hall–Kier alpha value is -1.16. The minimum Gasteiger partial charge on any atom is -0.488 e. The SMILES string of the molecule is CC(C)COc1c(N)cc(N)c(Cl)c1F. The number of anilines is 2. The van der Waals surface area contributed by atoms with Gasteiger partial charge in [0.05, 0.1) is 18.0 Å². The van der Waals surface area contributed by atoms with Crippen LogP contribution in [-0.2, 0) is 0 Å². The molecule has 1 aromatic carbocycles. The molecule has 0 spiro atoms. The molecular weight excluding hydrogens is 219 g/mol. The summed E-state index contributed by atoms with van der Waals surface area (Å²) < 4.78 is 18.8. The standard InChI is InChI=1S/C10H14ClFN2O/c1-5(2)4-15-10-7(14)3-6(13)8(11)9(10)12/h3,5H,4,13-14H2,1-2H3. The molecular formula is C10H14ClFN2O. The van der Waals surface area contributed by atoms with Gasteiger partial charge in [-0.25, -0.2) is 4.39 Å². The minimum absolute atomic E-state index is 0.0251. The van der Waals surface area contributed by atoms with E-state index in [2.05, 4.69) is 0 Å². The van der Waals surface area contributed by atoms with Gasteiger partial charge >= 0.3 is 0 Å². The highest BCUT2D eigenvalue weighted by atomic mass is 35.5. The Labute approximate surface area is 93.2 Å². The molecule has 0 radical (unpaired) electrons. The first-order valence-corrected chi connectivity index (χ1v) is 4.97. The zero-order chi connectivity index (χ0) is 11.6. The van der Waals surface area contributed by atoms with Crippen molar-refractivity contribution in [2.24, 2.45) is 5.92 Å². The molecule has 0 unspecified atom stereocenters. The number of nitrogen functional groups attached to an aromatic ring is 2. The van der Waals surface area contributed by atoms with Gasteiger partial charge in [0.2, 0.25) is 0 Å². The van der Waals surface area contributed by atoms with E-state index in [0.29, 0.717) is 6.61 Å². The number of nitrogens with two attached hydrogens (primary N) is 2. The first kappa shape index (κ1) is 11.9. The van der Waals surface area contributed by atoms with E-state index in [9.17, 15) is 4.39 Å². The van der Waals surface area contributed by atoms with Crippen LogP contribution in [0.2, 0.25) is 5.02 Å². The van der Waals surface area contributed by atoms with Crippen molar-refractivity contribution in [2.75, 3.05) is 18.1 Å². The van der Waals surface area contributed by atoms with Crippen molar-refractivity contribution in [2.45, 2.75) is 13.8 Å². The average molecular weight is 233 g/mol. The molecule has 4 N–H and O–H groups in total. The maximum Gasteiger partial charge on any atom is 0.187 e. The summed E-state index contributed by atoms with van der Waals surface area (Å²) in [5, 5.41) is -0.150. The number of hydrogen-bond donors (Lipinski definition) is 2. The fourth-order valence-corrected chi connectivity index (χ4v) is 1.19. The van der Waals surface area contributed by atoms with Crippen LogP contribution in [-0.4, -0.2) is 6.61 Å². The quantitative estimate of drug-likeness (QED) is 0.788. The topological polar surface area (TPSA) is 61.3 Å². The van der Waals surface area contributed by atoms with E-state index in [1.54, 1.807) is 0 Å². The van der Waals surface area contributed by atoms with E-state index in [4.69, 9.17) is 27.8 Å². The molecule has 0 aliphatic heterocycles. The lowest BCUT2D eigenvalue weighted by molar-refractivity contribution is 0.261. The molecule has 3 nitrogen and oxygen atoms in total. The lowest BCUT2D eigenvalue weighted by Crippen LogP contribution is -2.08. The maximum absolute atomic E-state index is 13.6. The highest BCUT2D eigenvalue weighted by Crippen LogP contribution is 2.35. The van der Waals surface area contributed by atoms with Crippen molar-refractivity contribution in [3.8, 4) is 5.75 Å². The van der Waals surface area contributed by atoms with Crippen LogP contribution in [0.3, 0.4) is 0 Å². The molecule has 0 aromatic heterocycles. The normalized spacial score (nSPS) is 10.7. The molecule has 5 heteroatoms. The summed E-state index contributed by atoms with van der Waals surface area (Å²) in [7, 11) is 0. The van der Waals surface area contributed by atoms with E-state index in [0.717, 1.165) is 0 Å². The molecule has 0 fully saturated rings. The number of rotatable bonds is 3. The summed E-state index contributed by atoms with van der Waals surface area (Å²) in [6.45, 7) is 4.28. The van der Waals surface area contributed by atoms with Gasteiger partial charge in [-0.15, -0.1) is 0 Å². The van der Waals surface area contributed by atoms with Crippen molar-refractivity contribution in [3.63, 3.8) is 0 Å². The maximum atomic E-state index is 13.6.